The summed E-state index contributed by atoms with van der Waals surface area (Å²) in [7, 11) is 0. The number of anilines is 2. The number of hydrogen-bond donors (Lipinski definition) is 1. The van der Waals surface area contributed by atoms with Gasteiger partial charge >= 0.3 is 5.97 Å². The number of piperidine rings is 1. The largest absolute Gasteiger partial charge is 0.466 e. The number of nitrogens with zero attached hydrogens (tertiary/aromatic N) is 2. The highest BCUT2D eigenvalue weighted by Crippen LogP contribution is 2.29. The number of ether oxygens (including phenoxy) is 1. The highest BCUT2D eigenvalue weighted by molar-refractivity contribution is 6.22. The van der Waals surface area contributed by atoms with Crippen LogP contribution in [0.15, 0.2) is 24.3 Å². The molecule has 0 spiro atoms. The van der Waals surface area contributed by atoms with E-state index in [1.807, 2.05) is 4.90 Å². The minimum atomic E-state index is -0.556. The van der Waals surface area contributed by atoms with Crippen LogP contribution >= 0.6 is 0 Å². The standard InChI is InChI=1S/C20H25N3O5/c1-3-28-20(27)14-5-4-10-22(12-14)17-11-18(25)23(19(17)26)16-8-6-15(7-9-16)21-13(2)24/h6-9,14,17H,3-5,10-12H2,1-2H3,(H,21,24)/t14-,17-/m1/s1. The number of carbonyl (C=O) groups excluding carboxylic acids is 4. The predicted octanol–water partition coefficient (Wildman–Crippen LogP) is 1.55. The molecule has 1 aromatic rings. The number of nitrogens with one attached hydrogen (secondary N) is 1. The van der Waals surface area contributed by atoms with Gasteiger partial charge in [-0.1, -0.05) is 0 Å². The molecular weight excluding hydrogens is 362 g/mol. The third-order valence-electron chi connectivity index (χ3n) is 5.08. The van der Waals surface area contributed by atoms with Crippen LogP contribution in [0.1, 0.15) is 33.1 Å². The summed E-state index contributed by atoms with van der Waals surface area (Å²) in [5, 5.41) is 2.65. The first-order valence-corrected chi connectivity index (χ1v) is 9.55. The zero-order chi connectivity index (χ0) is 20.3. The Kier molecular flexibility index (Phi) is 6.08. The van der Waals surface area contributed by atoms with Gasteiger partial charge in [0.05, 0.1) is 30.7 Å². The molecule has 2 atom stereocenters. The van der Waals surface area contributed by atoms with E-state index in [1.165, 1.54) is 11.8 Å². The summed E-state index contributed by atoms with van der Waals surface area (Å²) >= 11 is 0. The Bertz CT molecular complexity index is 777. The fourth-order valence-electron chi connectivity index (χ4n) is 3.81. The van der Waals surface area contributed by atoms with Gasteiger partial charge in [0.15, 0.2) is 0 Å². The molecule has 3 rings (SSSR count). The molecule has 1 N–H and O–H groups in total. The van der Waals surface area contributed by atoms with Gasteiger partial charge in [-0.25, -0.2) is 4.90 Å². The quantitative estimate of drug-likeness (QED) is 0.608. The van der Waals surface area contributed by atoms with E-state index in [2.05, 4.69) is 5.32 Å². The molecule has 1 aromatic carbocycles. The molecule has 0 radical (unpaired) electrons. The lowest BCUT2D eigenvalue weighted by molar-refractivity contribution is -0.150. The summed E-state index contributed by atoms with van der Waals surface area (Å²) in [5.41, 5.74) is 1.07. The van der Waals surface area contributed by atoms with Gasteiger partial charge in [0.1, 0.15) is 0 Å². The monoisotopic (exact) mass is 387 g/mol. The van der Waals surface area contributed by atoms with Crippen molar-refractivity contribution < 1.29 is 23.9 Å². The average Bonchev–Trinajstić information content (AvgIpc) is 2.97. The topological polar surface area (TPSA) is 96.0 Å². The molecule has 2 aliphatic heterocycles. The Labute approximate surface area is 163 Å². The first-order chi connectivity index (χ1) is 13.4. The molecule has 0 aromatic heterocycles. The van der Waals surface area contributed by atoms with Crippen LogP contribution in [-0.2, 0) is 23.9 Å². The summed E-state index contributed by atoms with van der Waals surface area (Å²) in [4.78, 5) is 51.8. The summed E-state index contributed by atoms with van der Waals surface area (Å²) in [6, 6.07) is 6.03. The maximum Gasteiger partial charge on any atom is 0.310 e. The summed E-state index contributed by atoms with van der Waals surface area (Å²) < 4.78 is 5.11. The van der Waals surface area contributed by atoms with Crippen molar-refractivity contribution in [2.75, 3.05) is 29.9 Å². The number of carbonyl (C=O) groups is 4. The average molecular weight is 387 g/mol. The molecule has 2 heterocycles. The van der Waals surface area contributed by atoms with Gasteiger partial charge in [-0.05, 0) is 50.6 Å². The number of amides is 3. The van der Waals surface area contributed by atoms with Crippen molar-refractivity contribution >= 4 is 35.1 Å². The molecule has 3 amide bonds. The molecule has 2 saturated heterocycles. The smallest absolute Gasteiger partial charge is 0.310 e. The molecule has 28 heavy (non-hydrogen) atoms. The molecule has 0 aliphatic carbocycles. The molecule has 0 unspecified atom stereocenters. The van der Waals surface area contributed by atoms with E-state index in [0.717, 1.165) is 12.8 Å². The van der Waals surface area contributed by atoms with Gasteiger partial charge in [-0.3, -0.25) is 24.1 Å². The van der Waals surface area contributed by atoms with Crippen LogP contribution in [-0.4, -0.2) is 54.3 Å². The van der Waals surface area contributed by atoms with Crippen molar-refractivity contribution in [1.29, 1.82) is 0 Å². The van der Waals surface area contributed by atoms with Gasteiger partial charge in [0.25, 0.3) is 5.91 Å². The summed E-state index contributed by atoms with van der Waals surface area (Å²) in [5.74, 6) is -1.23. The van der Waals surface area contributed by atoms with Gasteiger partial charge in [0.2, 0.25) is 11.8 Å². The highest BCUT2D eigenvalue weighted by atomic mass is 16.5. The second-order valence-corrected chi connectivity index (χ2v) is 7.10. The summed E-state index contributed by atoms with van der Waals surface area (Å²) in [6.45, 7) is 4.62. The molecule has 2 aliphatic rings. The fraction of sp³-hybridized carbons (Fsp3) is 0.500. The van der Waals surface area contributed by atoms with Gasteiger partial charge < -0.3 is 10.1 Å². The van der Waals surface area contributed by atoms with E-state index >= 15 is 0 Å². The normalized spacial score (nSPS) is 23.0. The zero-order valence-electron chi connectivity index (χ0n) is 16.1. The zero-order valence-corrected chi connectivity index (χ0v) is 16.1. The third kappa shape index (κ3) is 4.22. The van der Waals surface area contributed by atoms with E-state index in [4.69, 9.17) is 4.74 Å². The number of hydrogen-bond acceptors (Lipinski definition) is 6. The second kappa shape index (κ2) is 8.52. The first-order valence-electron chi connectivity index (χ1n) is 9.55. The van der Waals surface area contributed by atoms with E-state index in [0.29, 0.717) is 31.1 Å². The Hall–Kier alpha value is -2.74. The molecule has 0 saturated carbocycles. The Morgan fingerprint density at radius 2 is 1.93 bits per heavy atom. The SMILES string of the molecule is CCOC(=O)[C@@H]1CCCN([C@@H]2CC(=O)N(c3ccc(NC(C)=O)cc3)C2=O)C1. The molecule has 8 heteroatoms. The lowest BCUT2D eigenvalue weighted by Gasteiger charge is -2.34. The van der Waals surface area contributed by atoms with Gasteiger partial charge in [0, 0.05) is 19.2 Å². The highest BCUT2D eigenvalue weighted by Gasteiger charge is 2.44. The molecule has 8 nitrogen and oxygen atoms in total. The van der Waals surface area contributed by atoms with Crippen LogP contribution in [0.4, 0.5) is 11.4 Å². The van der Waals surface area contributed by atoms with Gasteiger partial charge in [-0.2, -0.15) is 0 Å². The van der Waals surface area contributed by atoms with Crippen LogP contribution in [0.2, 0.25) is 0 Å². The van der Waals surface area contributed by atoms with Crippen molar-refractivity contribution in [3.8, 4) is 0 Å². The number of imide groups is 1. The van der Waals surface area contributed by atoms with Crippen molar-refractivity contribution in [2.45, 2.75) is 39.2 Å². The van der Waals surface area contributed by atoms with E-state index in [-0.39, 0.29) is 36.0 Å². The summed E-state index contributed by atoms with van der Waals surface area (Å²) in [6.07, 6.45) is 1.62. The first kappa shape index (κ1) is 20.0. The Morgan fingerprint density at radius 1 is 1.21 bits per heavy atom. The third-order valence-corrected chi connectivity index (χ3v) is 5.08. The predicted molar refractivity (Wildman–Crippen MR) is 103 cm³/mol. The second-order valence-electron chi connectivity index (χ2n) is 7.10. The van der Waals surface area contributed by atoms with E-state index in [9.17, 15) is 19.2 Å². The van der Waals surface area contributed by atoms with Crippen molar-refractivity contribution in [1.82, 2.24) is 4.90 Å². The molecule has 0 bridgehead atoms. The number of esters is 1. The van der Waals surface area contributed by atoms with Crippen LogP contribution in [0, 0.1) is 5.92 Å². The lowest BCUT2D eigenvalue weighted by Crippen LogP contribution is -2.48. The van der Waals surface area contributed by atoms with Crippen molar-refractivity contribution in [2.24, 2.45) is 5.92 Å². The molecule has 150 valence electrons. The minimum Gasteiger partial charge on any atom is -0.466 e. The van der Waals surface area contributed by atoms with Crippen LogP contribution in [0.25, 0.3) is 0 Å². The van der Waals surface area contributed by atoms with Gasteiger partial charge in [-0.15, -0.1) is 0 Å². The lowest BCUT2D eigenvalue weighted by atomic mass is 9.96. The number of benzene rings is 1. The number of rotatable bonds is 5. The van der Waals surface area contributed by atoms with Crippen molar-refractivity contribution in [3.63, 3.8) is 0 Å². The molecule has 2 fully saturated rings. The minimum absolute atomic E-state index is 0.0990. The number of likely N-dealkylation sites (tertiary alicyclic amines) is 1. The maximum absolute atomic E-state index is 13.0. The van der Waals surface area contributed by atoms with Crippen LogP contribution in [0.3, 0.4) is 0 Å². The van der Waals surface area contributed by atoms with E-state index < -0.39 is 6.04 Å². The fourth-order valence-corrected chi connectivity index (χ4v) is 3.81. The van der Waals surface area contributed by atoms with E-state index in [1.54, 1.807) is 31.2 Å². The van der Waals surface area contributed by atoms with Crippen molar-refractivity contribution in [3.05, 3.63) is 24.3 Å². The Balaban J connectivity index is 1.71. The Morgan fingerprint density at radius 3 is 2.57 bits per heavy atom. The maximum atomic E-state index is 13.0. The van der Waals surface area contributed by atoms with Crippen LogP contribution in [0.5, 0.6) is 0 Å². The van der Waals surface area contributed by atoms with Crippen LogP contribution < -0.4 is 10.2 Å². The molecular formula is C20H25N3O5.